The summed E-state index contributed by atoms with van der Waals surface area (Å²) in [5.41, 5.74) is 0. The second kappa shape index (κ2) is 7.12. The van der Waals surface area contributed by atoms with Crippen molar-refractivity contribution in [1.82, 2.24) is 5.32 Å². The van der Waals surface area contributed by atoms with Crippen LogP contribution in [0.3, 0.4) is 0 Å². The van der Waals surface area contributed by atoms with Crippen LogP contribution in [0.15, 0.2) is 39.3 Å². The van der Waals surface area contributed by atoms with Gasteiger partial charge in [0.15, 0.2) is 0 Å². The van der Waals surface area contributed by atoms with Gasteiger partial charge in [0.2, 0.25) is 0 Å². The fourth-order valence-corrected chi connectivity index (χ4v) is 3.39. The predicted octanol–water partition coefficient (Wildman–Crippen LogP) is 4.92. The Labute approximate surface area is 141 Å². The highest BCUT2D eigenvalue weighted by atomic mass is 79.9. The number of halogens is 3. The molecule has 1 heterocycles. The van der Waals surface area contributed by atoms with Gasteiger partial charge in [-0.25, -0.2) is 0 Å². The molecule has 0 amide bonds. The molecule has 0 spiro atoms. The lowest BCUT2D eigenvalue weighted by atomic mass is 10.1. The largest absolute Gasteiger partial charge is 0.489 e. The van der Waals surface area contributed by atoms with Crippen molar-refractivity contribution in [3.05, 3.63) is 39.3 Å². The van der Waals surface area contributed by atoms with Gasteiger partial charge in [0, 0.05) is 4.47 Å². The Kier molecular flexibility index (Phi) is 5.73. The van der Waals surface area contributed by atoms with Crippen LogP contribution < -0.4 is 10.1 Å². The van der Waals surface area contributed by atoms with E-state index in [1.807, 2.05) is 0 Å². The average Bonchev–Trinajstić information content (AvgIpc) is 2.43. The van der Waals surface area contributed by atoms with Gasteiger partial charge in [-0.1, -0.05) is 28.1 Å². The number of benzene rings is 2. The molecule has 20 heavy (non-hydrogen) atoms. The first-order valence-corrected chi connectivity index (χ1v) is 8.08. The van der Waals surface area contributed by atoms with Crippen molar-refractivity contribution in [3.63, 3.8) is 0 Å². The zero-order valence-electron chi connectivity index (χ0n) is 10.9. The van der Waals surface area contributed by atoms with Crippen molar-refractivity contribution in [1.29, 1.82) is 0 Å². The fourth-order valence-electron chi connectivity index (χ4n) is 2.43. The van der Waals surface area contributed by atoms with Gasteiger partial charge in [-0.2, -0.15) is 0 Å². The van der Waals surface area contributed by atoms with Crippen molar-refractivity contribution in [2.24, 2.45) is 0 Å². The molecule has 1 saturated heterocycles. The minimum Gasteiger partial charge on any atom is -0.489 e. The summed E-state index contributed by atoms with van der Waals surface area (Å²) in [7, 11) is 0. The van der Waals surface area contributed by atoms with E-state index in [0.717, 1.165) is 40.6 Å². The van der Waals surface area contributed by atoms with E-state index in [4.69, 9.17) is 4.74 Å². The maximum Gasteiger partial charge on any atom is 0.134 e. The number of fused-ring (bicyclic) bond motifs is 1. The first-order chi connectivity index (χ1) is 9.24. The van der Waals surface area contributed by atoms with Gasteiger partial charge < -0.3 is 10.1 Å². The Morgan fingerprint density at radius 2 is 1.80 bits per heavy atom. The lowest BCUT2D eigenvalue weighted by Crippen LogP contribution is -2.34. The number of ether oxygens (including phenoxy) is 1. The topological polar surface area (TPSA) is 21.3 Å². The molecule has 2 nitrogen and oxygen atoms in total. The summed E-state index contributed by atoms with van der Waals surface area (Å²) >= 11 is 7.18. The third-order valence-corrected chi connectivity index (χ3v) is 4.77. The van der Waals surface area contributed by atoms with Crippen LogP contribution in [0.25, 0.3) is 10.8 Å². The van der Waals surface area contributed by atoms with E-state index in [-0.39, 0.29) is 12.4 Å². The van der Waals surface area contributed by atoms with Crippen LogP contribution in [-0.4, -0.2) is 19.2 Å². The Morgan fingerprint density at radius 3 is 2.55 bits per heavy atom. The van der Waals surface area contributed by atoms with Gasteiger partial charge in [-0.05, 0) is 70.8 Å². The molecule has 0 bridgehead atoms. The van der Waals surface area contributed by atoms with Crippen LogP contribution in [0.4, 0.5) is 0 Å². The van der Waals surface area contributed by atoms with Gasteiger partial charge in [0.1, 0.15) is 11.9 Å². The van der Waals surface area contributed by atoms with E-state index < -0.39 is 0 Å². The maximum absolute atomic E-state index is 6.13. The molecular formula is C15H16Br2ClNO. The molecule has 1 aliphatic rings. The number of nitrogens with one attached hydrogen (secondary N) is 1. The fraction of sp³-hybridized carbons (Fsp3) is 0.333. The quantitative estimate of drug-likeness (QED) is 0.743. The number of rotatable bonds is 2. The lowest BCUT2D eigenvalue weighted by Gasteiger charge is -2.24. The molecule has 2 aromatic carbocycles. The minimum absolute atomic E-state index is 0. The maximum atomic E-state index is 6.13. The lowest BCUT2D eigenvalue weighted by molar-refractivity contribution is 0.161. The van der Waals surface area contributed by atoms with Crippen molar-refractivity contribution < 1.29 is 4.74 Å². The monoisotopic (exact) mass is 419 g/mol. The molecule has 108 valence electrons. The second-order valence-corrected chi connectivity index (χ2v) is 6.52. The predicted molar refractivity (Wildman–Crippen MR) is 93.1 cm³/mol. The van der Waals surface area contributed by atoms with Crippen molar-refractivity contribution in [2.75, 3.05) is 13.1 Å². The van der Waals surface area contributed by atoms with Gasteiger partial charge in [0.05, 0.1) is 4.47 Å². The molecule has 2 aromatic rings. The molecule has 5 heteroatoms. The molecule has 0 radical (unpaired) electrons. The highest BCUT2D eigenvalue weighted by molar-refractivity contribution is 9.11. The normalized spacial score (nSPS) is 15.9. The minimum atomic E-state index is 0. The Bertz CT molecular complexity index is 600. The first kappa shape index (κ1) is 16.1. The van der Waals surface area contributed by atoms with E-state index in [9.17, 15) is 0 Å². The van der Waals surface area contributed by atoms with Crippen molar-refractivity contribution in [3.8, 4) is 5.75 Å². The SMILES string of the molecule is Brc1ccc2c(Br)c(OC3CCNCC3)ccc2c1.Cl. The summed E-state index contributed by atoms with van der Waals surface area (Å²) in [6, 6.07) is 10.5. The second-order valence-electron chi connectivity index (χ2n) is 4.81. The molecule has 0 aliphatic carbocycles. The van der Waals surface area contributed by atoms with Crippen LogP contribution in [0.1, 0.15) is 12.8 Å². The molecule has 0 aromatic heterocycles. The van der Waals surface area contributed by atoms with E-state index in [2.05, 4.69) is 67.5 Å². The van der Waals surface area contributed by atoms with Crippen LogP contribution in [0.2, 0.25) is 0 Å². The highest BCUT2D eigenvalue weighted by Crippen LogP contribution is 2.35. The smallest absolute Gasteiger partial charge is 0.134 e. The molecule has 1 N–H and O–H groups in total. The first-order valence-electron chi connectivity index (χ1n) is 6.49. The summed E-state index contributed by atoms with van der Waals surface area (Å²) < 4.78 is 8.27. The molecule has 0 atom stereocenters. The van der Waals surface area contributed by atoms with E-state index in [1.165, 1.54) is 10.8 Å². The Hall–Kier alpha value is -0.290. The number of hydrogen-bond acceptors (Lipinski definition) is 2. The molecule has 1 aliphatic heterocycles. The van der Waals surface area contributed by atoms with Crippen LogP contribution in [-0.2, 0) is 0 Å². The van der Waals surface area contributed by atoms with Gasteiger partial charge in [0.25, 0.3) is 0 Å². The van der Waals surface area contributed by atoms with Crippen molar-refractivity contribution in [2.45, 2.75) is 18.9 Å². The standard InChI is InChI=1S/C15H15Br2NO.ClH/c16-11-2-3-13-10(9-11)1-4-14(15(13)17)19-12-5-7-18-8-6-12;/h1-4,9,12,18H,5-8H2;1H. The summed E-state index contributed by atoms with van der Waals surface area (Å²) in [6.07, 6.45) is 2.47. The molecular weight excluding hydrogens is 405 g/mol. The summed E-state index contributed by atoms with van der Waals surface area (Å²) in [4.78, 5) is 0. The summed E-state index contributed by atoms with van der Waals surface area (Å²) in [5, 5.41) is 5.75. The molecule has 0 saturated carbocycles. The van der Waals surface area contributed by atoms with Gasteiger partial charge in [-0.3, -0.25) is 0 Å². The zero-order chi connectivity index (χ0) is 13.2. The van der Waals surface area contributed by atoms with Gasteiger partial charge in [-0.15, -0.1) is 12.4 Å². The van der Waals surface area contributed by atoms with Crippen LogP contribution in [0.5, 0.6) is 5.75 Å². The van der Waals surface area contributed by atoms with E-state index in [1.54, 1.807) is 0 Å². The Balaban J connectivity index is 0.00000147. The third kappa shape index (κ3) is 3.48. The molecule has 1 fully saturated rings. The van der Waals surface area contributed by atoms with Crippen LogP contribution >= 0.6 is 44.3 Å². The van der Waals surface area contributed by atoms with E-state index in [0.29, 0.717) is 6.10 Å². The highest BCUT2D eigenvalue weighted by Gasteiger charge is 2.16. The third-order valence-electron chi connectivity index (χ3n) is 3.46. The number of hydrogen-bond donors (Lipinski definition) is 1. The molecule has 3 rings (SSSR count). The average molecular weight is 422 g/mol. The van der Waals surface area contributed by atoms with Gasteiger partial charge >= 0.3 is 0 Å². The summed E-state index contributed by atoms with van der Waals surface area (Å²) in [5.74, 6) is 0.946. The summed E-state index contributed by atoms with van der Waals surface area (Å²) in [6.45, 7) is 2.09. The Morgan fingerprint density at radius 1 is 1.05 bits per heavy atom. The van der Waals surface area contributed by atoms with E-state index >= 15 is 0 Å². The van der Waals surface area contributed by atoms with Crippen LogP contribution in [0, 0.1) is 0 Å². The van der Waals surface area contributed by atoms with Crippen molar-refractivity contribution >= 4 is 55.0 Å². The number of piperidine rings is 1. The zero-order valence-corrected chi connectivity index (χ0v) is 14.9. The molecule has 0 unspecified atom stereocenters.